The fourth-order valence-electron chi connectivity index (χ4n) is 2.84. The van der Waals surface area contributed by atoms with Crippen LogP contribution in [0, 0.1) is 0 Å². The van der Waals surface area contributed by atoms with Crippen LogP contribution in [0.1, 0.15) is 31.2 Å². The summed E-state index contributed by atoms with van der Waals surface area (Å²) in [7, 11) is 1.86. The van der Waals surface area contributed by atoms with Crippen LogP contribution >= 0.6 is 0 Å². The van der Waals surface area contributed by atoms with E-state index in [0.717, 1.165) is 42.3 Å². The van der Waals surface area contributed by atoms with E-state index in [-0.39, 0.29) is 5.54 Å². The summed E-state index contributed by atoms with van der Waals surface area (Å²) in [5, 5.41) is 8.11. The van der Waals surface area contributed by atoms with E-state index in [0.29, 0.717) is 0 Å². The van der Waals surface area contributed by atoms with Crippen LogP contribution < -0.4 is 0 Å². The molecule has 0 atom stereocenters. The van der Waals surface area contributed by atoms with Crippen LogP contribution in [-0.4, -0.2) is 21.1 Å². The highest BCUT2D eigenvalue weighted by atomic mass is 16.1. The van der Waals surface area contributed by atoms with Crippen molar-refractivity contribution in [2.45, 2.75) is 31.2 Å². The molecule has 0 unspecified atom stereocenters. The predicted molar refractivity (Wildman–Crippen MR) is 66.8 cm³/mol. The van der Waals surface area contributed by atoms with Gasteiger partial charge in [0.05, 0.1) is 11.1 Å². The van der Waals surface area contributed by atoms with E-state index in [4.69, 9.17) is 0 Å². The third-order valence-corrected chi connectivity index (χ3v) is 3.84. The van der Waals surface area contributed by atoms with Gasteiger partial charge >= 0.3 is 0 Å². The van der Waals surface area contributed by atoms with Crippen molar-refractivity contribution in [3.63, 3.8) is 0 Å². The lowest BCUT2D eigenvalue weighted by molar-refractivity contribution is 0.456. The Hall–Kier alpha value is -2.00. The fraction of sp³-hybridized carbons (Fsp3) is 0.462. The average Bonchev–Trinajstić information content (AvgIpc) is 2.98. The largest absolute Gasteiger partial charge is 0.248 e. The number of aromatic nitrogens is 3. The van der Waals surface area contributed by atoms with E-state index in [9.17, 15) is 4.79 Å². The smallest absolute Gasteiger partial charge is 0.235 e. The monoisotopic (exact) mass is 242 g/mol. The number of aliphatic imine (C=N–C) groups is 1. The van der Waals surface area contributed by atoms with Crippen LogP contribution in [0.25, 0.3) is 11.0 Å². The van der Waals surface area contributed by atoms with Crippen molar-refractivity contribution in [1.82, 2.24) is 15.0 Å². The maximum Gasteiger partial charge on any atom is 0.235 e. The molecule has 1 aliphatic rings. The van der Waals surface area contributed by atoms with Gasteiger partial charge in [-0.2, -0.15) is 4.99 Å². The average molecular weight is 242 g/mol. The molecule has 92 valence electrons. The Labute approximate surface area is 105 Å². The summed E-state index contributed by atoms with van der Waals surface area (Å²) in [6.07, 6.45) is 5.76. The minimum Gasteiger partial charge on any atom is -0.248 e. The number of nitrogens with zero attached hydrogens (tertiary/aromatic N) is 4. The molecule has 1 aromatic heterocycles. The van der Waals surface area contributed by atoms with E-state index in [1.165, 1.54) is 0 Å². The standard InChI is InChI=1S/C13H14N4O/c1-17-12-5-4-10(8-11(12)15-16-17)13(14-9-18)6-2-3-7-13/h4-5,8H,2-3,6-7H2,1H3. The van der Waals surface area contributed by atoms with Gasteiger partial charge in [-0.25, -0.2) is 9.48 Å². The van der Waals surface area contributed by atoms with Crippen LogP contribution in [0.15, 0.2) is 23.2 Å². The number of fused-ring (bicyclic) bond motifs is 1. The van der Waals surface area contributed by atoms with Crippen molar-refractivity contribution < 1.29 is 4.79 Å². The van der Waals surface area contributed by atoms with Gasteiger partial charge in [0.2, 0.25) is 6.08 Å². The number of hydrogen-bond donors (Lipinski definition) is 0. The van der Waals surface area contributed by atoms with Gasteiger partial charge in [-0.05, 0) is 30.5 Å². The molecule has 1 aliphatic carbocycles. The van der Waals surface area contributed by atoms with Gasteiger partial charge in [-0.15, -0.1) is 5.10 Å². The third-order valence-electron chi connectivity index (χ3n) is 3.84. The van der Waals surface area contributed by atoms with Crippen LogP contribution in [0.3, 0.4) is 0 Å². The first kappa shape index (κ1) is 11.1. The maximum atomic E-state index is 10.7. The summed E-state index contributed by atoms with van der Waals surface area (Å²) in [6.45, 7) is 0. The second-order valence-corrected chi connectivity index (χ2v) is 4.86. The fourth-order valence-corrected chi connectivity index (χ4v) is 2.84. The van der Waals surface area contributed by atoms with Crippen molar-refractivity contribution >= 4 is 17.1 Å². The second-order valence-electron chi connectivity index (χ2n) is 4.86. The molecule has 0 saturated heterocycles. The number of isocyanates is 1. The van der Waals surface area contributed by atoms with E-state index in [1.54, 1.807) is 10.8 Å². The number of aryl methyl sites for hydroxylation is 1. The van der Waals surface area contributed by atoms with Crippen molar-refractivity contribution in [2.24, 2.45) is 12.0 Å². The van der Waals surface area contributed by atoms with Gasteiger partial charge in [-0.3, -0.25) is 0 Å². The molecule has 3 rings (SSSR count). The molecule has 5 heteroatoms. The lowest BCUT2D eigenvalue weighted by Crippen LogP contribution is -2.18. The Balaban J connectivity index is 2.15. The summed E-state index contributed by atoms with van der Waals surface area (Å²) < 4.78 is 1.74. The molecule has 0 aliphatic heterocycles. The predicted octanol–water partition coefficient (Wildman–Crippen LogP) is 2.07. The third kappa shape index (κ3) is 1.56. The number of carbonyl (C=O) groups excluding carboxylic acids is 1. The highest BCUT2D eigenvalue weighted by molar-refractivity contribution is 5.75. The zero-order valence-electron chi connectivity index (χ0n) is 10.3. The molecule has 18 heavy (non-hydrogen) atoms. The van der Waals surface area contributed by atoms with Gasteiger partial charge in [0.25, 0.3) is 0 Å². The molecule has 0 N–H and O–H groups in total. The van der Waals surface area contributed by atoms with Crippen LogP contribution in [0.5, 0.6) is 0 Å². The van der Waals surface area contributed by atoms with E-state index in [2.05, 4.69) is 15.3 Å². The van der Waals surface area contributed by atoms with Gasteiger partial charge in [-0.1, -0.05) is 24.1 Å². The summed E-state index contributed by atoms with van der Waals surface area (Å²) in [4.78, 5) is 14.8. The molecular weight excluding hydrogens is 228 g/mol. The van der Waals surface area contributed by atoms with Crippen molar-refractivity contribution in [3.05, 3.63) is 23.8 Å². The van der Waals surface area contributed by atoms with Gasteiger partial charge in [0.1, 0.15) is 5.52 Å². The Kier molecular flexibility index (Phi) is 2.49. The molecule has 0 radical (unpaired) electrons. The first-order valence-electron chi connectivity index (χ1n) is 6.14. The summed E-state index contributed by atoms with van der Waals surface area (Å²) >= 11 is 0. The van der Waals surface area contributed by atoms with Crippen LogP contribution in [0.2, 0.25) is 0 Å². The first-order chi connectivity index (χ1) is 8.75. The molecule has 1 fully saturated rings. The molecule has 0 bridgehead atoms. The molecule has 0 spiro atoms. The Morgan fingerprint density at radius 3 is 2.89 bits per heavy atom. The number of hydrogen-bond acceptors (Lipinski definition) is 4. The quantitative estimate of drug-likeness (QED) is 0.598. The van der Waals surface area contributed by atoms with Crippen molar-refractivity contribution in [3.8, 4) is 0 Å². The maximum absolute atomic E-state index is 10.7. The summed E-state index contributed by atoms with van der Waals surface area (Å²) in [5.74, 6) is 0. The molecular formula is C13H14N4O. The highest BCUT2D eigenvalue weighted by Gasteiger charge is 2.35. The normalized spacial score (nSPS) is 17.8. The lowest BCUT2D eigenvalue weighted by atomic mass is 9.89. The van der Waals surface area contributed by atoms with Gasteiger partial charge < -0.3 is 0 Å². The van der Waals surface area contributed by atoms with E-state index >= 15 is 0 Å². The Morgan fingerprint density at radius 2 is 2.17 bits per heavy atom. The van der Waals surface area contributed by atoms with Crippen molar-refractivity contribution in [2.75, 3.05) is 0 Å². The minimum atomic E-state index is -0.381. The first-order valence-corrected chi connectivity index (χ1v) is 6.14. The van der Waals surface area contributed by atoms with E-state index < -0.39 is 0 Å². The van der Waals surface area contributed by atoms with Crippen LogP contribution in [0.4, 0.5) is 0 Å². The number of rotatable bonds is 2. The lowest BCUT2D eigenvalue weighted by Gasteiger charge is -2.22. The number of benzene rings is 1. The van der Waals surface area contributed by atoms with Gasteiger partial charge in [0, 0.05) is 7.05 Å². The second kappa shape index (κ2) is 4.03. The molecule has 1 heterocycles. The molecule has 1 saturated carbocycles. The van der Waals surface area contributed by atoms with Gasteiger partial charge in [0.15, 0.2) is 0 Å². The minimum absolute atomic E-state index is 0.381. The molecule has 0 amide bonds. The Morgan fingerprint density at radius 1 is 1.39 bits per heavy atom. The summed E-state index contributed by atoms with van der Waals surface area (Å²) in [5.41, 5.74) is 2.51. The summed E-state index contributed by atoms with van der Waals surface area (Å²) in [6, 6.07) is 6.01. The zero-order valence-corrected chi connectivity index (χ0v) is 10.3. The molecule has 2 aromatic rings. The zero-order chi connectivity index (χ0) is 12.6. The topological polar surface area (TPSA) is 60.1 Å². The molecule has 5 nitrogen and oxygen atoms in total. The SMILES string of the molecule is Cn1nnc2cc(C3(N=C=O)CCCC3)ccc21. The Bertz CT molecular complexity index is 633. The van der Waals surface area contributed by atoms with Crippen molar-refractivity contribution in [1.29, 1.82) is 0 Å². The highest BCUT2D eigenvalue weighted by Crippen LogP contribution is 2.42. The van der Waals surface area contributed by atoms with E-state index in [1.807, 2.05) is 25.2 Å². The molecule has 1 aromatic carbocycles. The van der Waals surface area contributed by atoms with Crippen LogP contribution in [-0.2, 0) is 17.4 Å².